The second-order valence-electron chi connectivity index (χ2n) is 2.57. The molecule has 0 N–H and O–H groups in total. The zero-order chi connectivity index (χ0) is 8.55. The molecule has 0 spiro atoms. The fraction of sp³-hybridized carbons (Fsp3) is 0.111. The van der Waals surface area contributed by atoms with E-state index in [0.29, 0.717) is 11.1 Å². The summed E-state index contributed by atoms with van der Waals surface area (Å²) in [4.78, 5) is 4.01. The zero-order valence-electron chi connectivity index (χ0n) is 6.53. The fourth-order valence-electron chi connectivity index (χ4n) is 1.17. The molecule has 1 heterocycles. The summed E-state index contributed by atoms with van der Waals surface area (Å²) < 4.78 is 5.09. The highest BCUT2D eigenvalue weighted by Crippen LogP contribution is 2.19. The van der Waals surface area contributed by atoms with Crippen LogP contribution in [0.2, 0.25) is 0 Å². The van der Waals surface area contributed by atoms with Gasteiger partial charge in [-0.05, 0) is 18.6 Å². The van der Waals surface area contributed by atoms with Crippen molar-refractivity contribution in [3.05, 3.63) is 29.7 Å². The summed E-state index contributed by atoms with van der Waals surface area (Å²) in [5, 5.41) is 8.71. The van der Waals surface area contributed by atoms with Gasteiger partial charge in [0.05, 0.1) is 5.56 Å². The highest BCUT2D eigenvalue weighted by Gasteiger charge is 2.06. The summed E-state index contributed by atoms with van der Waals surface area (Å²) in [6.07, 6.45) is 1.36. The van der Waals surface area contributed by atoms with Gasteiger partial charge in [0.2, 0.25) is 0 Å². The third-order valence-electron chi connectivity index (χ3n) is 1.81. The van der Waals surface area contributed by atoms with Crippen molar-refractivity contribution in [1.29, 1.82) is 5.26 Å². The zero-order valence-corrected chi connectivity index (χ0v) is 6.53. The molecule has 2 aromatic rings. The molecule has 0 bridgehead atoms. The normalized spacial score (nSPS) is 10.0. The Balaban J connectivity index is 2.94. The molecule has 0 aliphatic carbocycles. The van der Waals surface area contributed by atoms with Crippen molar-refractivity contribution < 1.29 is 4.42 Å². The Morgan fingerprint density at radius 2 is 2.33 bits per heavy atom. The lowest BCUT2D eigenvalue weighted by Crippen LogP contribution is -1.79. The predicted molar refractivity (Wildman–Crippen MR) is 43.5 cm³/mol. The molecule has 0 saturated heterocycles. The Hall–Kier alpha value is -1.82. The summed E-state index contributed by atoms with van der Waals surface area (Å²) in [6, 6.07) is 5.65. The van der Waals surface area contributed by atoms with Crippen LogP contribution < -0.4 is 0 Å². The van der Waals surface area contributed by atoms with Crippen molar-refractivity contribution >= 4 is 11.1 Å². The Kier molecular flexibility index (Phi) is 1.34. The molecule has 1 aromatic heterocycles. The van der Waals surface area contributed by atoms with E-state index in [-0.39, 0.29) is 0 Å². The van der Waals surface area contributed by atoms with E-state index in [1.807, 2.05) is 19.1 Å². The predicted octanol–water partition coefficient (Wildman–Crippen LogP) is 2.01. The molecular formula is C9H6N2O. The SMILES string of the molecule is Cc1ccc(C#N)c2ocnc12. The summed E-state index contributed by atoms with van der Waals surface area (Å²) in [5.41, 5.74) is 2.91. The second-order valence-corrected chi connectivity index (χ2v) is 2.57. The van der Waals surface area contributed by atoms with Crippen LogP contribution in [0.4, 0.5) is 0 Å². The molecule has 0 aliphatic rings. The van der Waals surface area contributed by atoms with Crippen LogP contribution in [0, 0.1) is 18.3 Å². The van der Waals surface area contributed by atoms with Crippen LogP contribution in [0.3, 0.4) is 0 Å². The lowest BCUT2D eigenvalue weighted by Gasteiger charge is -1.93. The van der Waals surface area contributed by atoms with E-state index in [1.165, 1.54) is 6.39 Å². The molecule has 0 amide bonds. The smallest absolute Gasteiger partial charge is 0.182 e. The fourth-order valence-corrected chi connectivity index (χ4v) is 1.17. The number of benzene rings is 1. The molecule has 0 radical (unpaired) electrons. The number of fused-ring (bicyclic) bond motifs is 1. The number of nitriles is 1. The van der Waals surface area contributed by atoms with Gasteiger partial charge in [0.15, 0.2) is 12.0 Å². The van der Waals surface area contributed by atoms with Gasteiger partial charge in [-0.3, -0.25) is 0 Å². The number of hydrogen-bond acceptors (Lipinski definition) is 3. The summed E-state index contributed by atoms with van der Waals surface area (Å²) >= 11 is 0. The maximum Gasteiger partial charge on any atom is 0.182 e. The first-order valence-corrected chi connectivity index (χ1v) is 3.56. The van der Waals surface area contributed by atoms with Gasteiger partial charge in [0, 0.05) is 0 Å². The van der Waals surface area contributed by atoms with Crippen LogP contribution in [0.5, 0.6) is 0 Å². The van der Waals surface area contributed by atoms with Crippen molar-refractivity contribution in [3.63, 3.8) is 0 Å². The molecule has 0 fully saturated rings. The molecule has 0 aliphatic heterocycles. The number of oxazole rings is 1. The van der Waals surface area contributed by atoms with Gasteiger partial charge in [-0.25, -0.2) is 4.98 Å². The summed E-state index contributed by atoms with van der Waals surface area (Å²) in [6.45, 7) is 1.94. The van der Waals surface area contributed by atoms with Gasteiger partial charge in [0.1, 0.15) is 11.6 Å². The van der Waals surface area contributed by atoms with Crippen LogP contribution in [-0.2, 0) is 0 Å². The number of aryl methyl sites for hydroxylation is 1. The third-order valence-corrected chi connectivity index (χ3v) is 1.81. The van der Waals surface area contributed by atoms with Crippen molar-refractivity contribution in [3.8, 4) is 6.07 Å². The molecular weight excluding hydrogens is 152 g/mol. The quantitative estimate of drug-likeness (QED) is 0.589. The minimum Gasteiger partial charge on any atom is -0.442 e. The maximum absolute atomic E-state index is 8.71. The van der Waals surface area contributed by atoms with E-state index in [9.17, 15) is 0 Å². The number of hydrogen-bond donors (Lipinski definition) is 0. The van der Waals surface area contributed by atoms with Gasteiger partial charge in [0.25, 0.3) is 0 Å². The van der Waals surface area contributed by atoms with E-state index >= 15 is 0 Å². The van der Waals surface area contributed by atoms with E-state index in [0.717, 1.165) is 11.1 Å². The average molecular weight is 158 g/mol. The van der Waals surface area contributed by atoms with Gasteiger partial charge < -0.3 is 4.42 Å². The number of aromatic nitrogens is 1. The van der Waals surface area contributed by atoms with Crippen molar-refractivity contribution in [2.45, 2.75) is 6.92 Å². The molecule has 2 rings (SSSR count). The van der Waals surface area contributed by atoms with Crippen LogP contribution >= 0.6 is 0 Å². The van der Waals surface area contributed by atoms with Crippen molar-refractivity contribution in [2.24, 2.45) is 0 Å². The molecule has 12 heavy (non-hydrogen) atoms. The summed E-state index contributed by atoms with van der Waals surface area (Å²) in [7, 11) is 0. The summed E-state index contributed by atoms with van der Waals surface area (Å²) in [5.74, 6) is 0. The van der Waals surface area contributed by atoms with E-state index in [2.05, 4.69) is 4.98 Å². The highest BCUT2D eigenvalue weighted by atomic mass is 16.3. The molecule has 3 heteroatoms. The monoisotopic (exact) mass is 158 g/mol. The Bertz CT molecular complexity index is 465. The Labute approximate surface area is 69.2 Å². The molecule has 0 unspecified atom stereocenters. The van der Waals surface area contributed by atoms with Gasteiger partial charge in [-0.15, -0.1) is 0 Å². The topological polar surface area (TPSA) is 49.8 Å². The molecule has 58 valence electrons. The first-order valence-electron chi connectivity index (χ1n) is 3.56. The van der Waals surface area contributed by atoms with Crippen molar-refractivity contribution in [1.82, 2.24) is 4.98 Å². The highest BCUT2D eigenvalue weighted by molar-refractivity contribution is 5.81. The minimum atomic E-state index is 0.535. The molecule has 0 saturated carbocycles. The van der Waals surface area contributed by atoms with Gasteiger partial charge >= 0.3 is 0 Å². The van der Waals surface area contributed by atoms with Crippen LogP contribution in [-0.4, -0.2) is 4.98 Å². The molecule has 0 atom stereocenters. The largest absolute Gasteiger partial charge is 0.442 e. The first kappa shape index (κ1) is 6.86. The molecule has 3 nitrogen and oxygen atoms in total. The van der Waals surface area contributed by atoms with Gasteiger partial charge in [-0.1, -0.05) is 6.07 Å². The van der Waals surface area contributed by atoms with Crippen LogP contribution in [0.1, 0.15) is 11.1 Å². The lowest BCUT2D eigenvalue weighted by molar-refractivity contribution is 0.601. The van der Waals surface area contributed by atoms with E-state index in [4.69, 9.17) is 9.68 Å². The minimum absolute atomic E-state index is 0.535. The second kappa shape index (κ2) is 2.35. The van der Waals surface area contributed by atoms with E-state index in [1.54, 1.807) is 6.07 Å². The first-order chi connectivity index (χ1) is 5.83. The van der Waals surface area contributed by atoms with Crippen LogP contribution in [0.25, 0.3) is 11.1 Å². The Morgan fingerprint density at radius 1 is 1.50 bits per heavy atom. The standard InChI is InChI=1S/C9H6N2O/c1-6-2-3-7(4-10)9-8(6)11-5-12-9/h2-3,5H,1H3. The van der Waals surface area contributed by atoms with E-state index < -0.39 is 0 Å². The number of rotatable bonds is 0. The van der Waals surface area contributed by atoms with Gasteiger partial charge in [-0.2, -0.15) is 5.26 Å². The van der Waals surface area contributed by atoms with Crippen LogP contribution in [0.15, 0.2) is 22.9 Å². The average Bonchev–Trinajstić information content (AvgIpc) is 2.54. The third kappa shape index (κ3) is 0.785. The van der Waals surface area contributed by atoms with Crippen molar-refractivity contribution in [2.75, 3.05) is 0 Å². The lowest BCUT2D eigenvalue weighted by atomic mass is 10.1. The maximum atomic E-state index is 8.71. The molecule has 1 aromatic carbocycles. The Morgan fingerprint density at radius 3 is 3.08 bits per heavy atom. The number of nitrogens with zero attached hydrogens (tertiary/aromatic N) is 2.